The fourth-order valence-electron chi connectivity index (χ4n) is 5.75. The van der Waals surface area contributed by atoms with Gasteiger partial charge in [-0.05, 0) is 64.2 Å². The van der Waals surface area contributed by atoms with E-state index >= 15 is 0 Å². The lowest BCUT2D eigenvalue weighted by Gasteiger charge is -2.20. The molecule has 0 aliphatic carbocycles. The maximum atomic E-state index is 12.6. The van der Waals surface area contributed by atoms with E-state index in [9.17, 15) is 14.3 Å². The van der Waals surface area contributed by atoms with Crippen molar-refractivity contribution in [3.63, 3.8) is 0 Å². The Morgan fingerprint density at radius 3 is 1.46 bits per heavy atom. The first-order valence-corrected chi connectivity index (χ1v) is 22.3. The Labute approximate surface area is 308 Å². The van der Waals surface area contributed by atoms with Crippen molar-refractivity contribution in [2.75, 3.05) is 33.0 Å². The molecule has 0 rings (SSSR count). The fraction of sp³-hybridized carbons (Fsp3) is 0.878. The standard InChI is InChI=1S/C41H80NO7P/c1-3-5-7-9-11-13-15-17-19-20-22-24-26-28-30-32-34-41(43)49-40(39-48-50(44,45)47-37-35-42)38-46-36-33-31-29-27-25-23-21-18-16-14-12-10-8-6-4-2/h16,18-20,40H,3-15,17,21-39,42H2,1-2H3,(H,44,45)/b18-16-,20-19-. The van der Waals surface area contributed by atoms with Crippen LogP contribution in [0.5, 0.6) is 0 Å². The van der Waals surface area contributed by atoms with E-state index in [0.29, 0.717) is 13.0 Å². The maximum absolute atomic E-state index is 12.6. The van der Waals surface area contributed by atoms with Gasteiger partial charge in [-0.15, -0.1) is 0 Å². The number of allylic oxidation sites excluding steroid dienone is 4. The number of phosphoric ester groups is 1. The van der Waals surface area contributed by atoms with Crippen molar-refractivity contribution in [2.24, 2.45) is 5.73 Å². The Kier molecular flexibility index (Phi) is 38.4. The Bertz CT molecular complexity index is 823. The van der Waals surface area contributed by atoms with E-state index in [0.717, 1.165) is 44.9 Å². The lowest BCUT2D eigenvalue weighted by molar-refractivity contribution is -0.154. The van der Waals surface area contributed by atoms with E-state index in [1.54, 1.807) is 0 Å². The molecule has 0 fully saturated rings. The van der Waals surface area contributed by atoms with Gasteiger partial charge < -0.3 is 20.1 Å². The molecule has 0 saturated heterocycles. The largest absolute Gasteiger partial charge is 0.472 e. The lowest BCUT2D eigenvalue weighted by Crippen LogP contribution is -2.28. The Hall–Kier alpha value is -1.02. The Balaban J connectivity index is 4.06. The normalized spacial score (nSPS) is 13.8. The van der Waals surface area contributed by atoms with Gasteiger partial charge in [-0.25, -0.2) is 4.57 Å². The third kappa shape index (κ3) is 38.2. The first-order valence-electron chi connectivity index (χ1n) is 20.8. The van der Waals surface area contributed by atoms with Crippen LogP contribution in [0.3, 0.4) is 0 Å². The molecule has 2 unspecified atom stereocenters. The summed E-state index contributed by atoms with van der Waals surface area (Å²) in [5, 5.41) is 0. The van der Waals surface area contributed by atoms with Gasteiger partial charge in [0.2, 0.25) is 0 Å². The summed E-state index contributed by atoms with van der Waals surface area (Å²) >= 11 is 0. The van der Waals surface area contributed by atoms with Gasteiger partial charge in [0, 0.05) is 19.6 Å². The monoisotopic (exact) mass is 730 g/mol. The average Bonchev–Trinajstić information content (AvgIpc) is 3.10. The van der Waals surface area contributed by atoms with Crippen LogP contribution in [0.4, 0.5) is 0 Å². The molecule has 50 heavy (non-hydrogen) atoms. The second-order valence-electron chi connectivity index (χ2n) is 13.8. The zero-order valence-corrected chi connectivity index (χ0v) is 33.5. The molecule has 0 amide bonds. The molecule has 0 spiro atoms. The molecule has 9 heteroatoms. The zero-order chi connectivity index (χ0) is 36.6. The molecular weight excluding hydrogens is 649 g/mol. The molecule has 0 aliphatic rings. The topological polar surface area (TPSA) is 117 Å². The molecule has 0 aliphatic heterocycles. The lowest BCUT2D eigenvalue weighted by atomic mass is 10.1. The Morgan fingerprint density at radius 1 is 0.580 bits per heavy atom. The van der Waals surface area contributed by atoms with Crippen LogP contribution in [0.15, 0.2) is 24.3 Å². The number of carbonyl (C=O) groups is 1. The summed E-state index contributed by atoms with van der Waals surface area (Å²) in [5.41, 5.74) is 5.36. The van der Waals surface area contributed by atoms with E-state index < -0.39 is 13.9 Å². The smallest absolute Gasteiger partial charge is 0.457 e. The van der Waals surface area contributed by atoms with Crippen molar-refractivity contribution in [3.05, 3.63) is 24.3 Å². The molecular formula is C41H80NO7P. The highest BCUT2D eigenvalue weighted by Gasteiger charge is 2.25. The van der Waals surface area contributed by atoms with E-state index in [1.807, 2.05) is 0 Å². The van der Waals surface area contributed by atoms with E-state index in [4.69, 9.17) is 24.3 Å². The van der Waals surface area contributed by atoms with Gasteiger partial charge in [0.15, 0.2) is 0 Å². The van der Waals surface area contributed by atoms with Crippen molar-refractivity contribution in [1.29, 1.82) is 0 Å². The average molecular weight is 730 g/mol. The SMILES string of the molecule is CCCCCCC/C=C\CCCCCCCCOCC(COP(=O)(O)OCCN)OC(=O)CCCCCCC/C=C\CCCCCCCCC. The molecule has 8 nitrogen and oxygen atoms in total. The van der Waals surface area contributed by atoms with Crippen LogP contribution in [0, 0.1) is 0 Å². The second kappa shape index (κ2) is 39.2. The summed E-state index contributed by atoms with van der Waals surface area (Å²) in [6.07, 6.45) is 41.9. The quantitative estimate of drug-likeness (QED) is 0.0277. The van der Waals surface area contributed by atoms with Crippen molar-refractivity contribution in [1.82, 2.24) is 0 Å². The highest BCUT2D eigenvalue weighted by atomic mass is 31.2. The number of rotatable bonds is 40. The van der Waals surface area contributed by atoms with E-state index in [2.05, 4.69) is 38.2 Å². The molecule has 3 N–H and O–H groups in total. The number of nitrogens with two attached hydrogens (primary N) is 1. The Morgan fingerprint density at radius 2 is 1.00 bits per heavy atom. The van der Waals surface area contributed by atoms with E-state index in [1.165, 1.54) is 128 Å². The number of unbranched alkanes of at least 4 members (excludes halogenated alkanes) is 23. The molecule has 0 saturated carbocycles. The highest BCUT2D eigenvalue weighted by Crippen LogP contribution is 2.43. The zero-order valence-electron chi connectivity index (χ0n) is 32.6. The number of ether oxygens (including phenoxy) is 2. The second-order valence-corrected chi connectivity index (χ2v) is 15.3. The van der Waals surface area contributed by atoms with Crippen LogP contribution in [0.2, 0.25) is 0 Å². The highest BCUT2D eigenvalue weighted by molar-refractivity contribution is 7.47. The number of phosphoric acid groups is 1. The third-order valence-electron chi connectivity index (χ3n) is 8.84. The minimum Gasteiger partial charge on any atom is -0.457 e. The van der Waals surface area contributed by atoms with Crippen molar-refractivity contribution >= 4 is 13.8 Å². The maximum Gasteiger partial charge on any atom is 0.472 e. The predicted octanol–water partition coefficient (Wildman–Crippen LogP) is 12.1. The number of hydrogen-bond acceptors (Lipinski definition) is 7. The van der Waals surface area contributed by atoms with Gasteiger partial charge in [0.05, 0.1) is 19.8 Å². The molecule has 0 radical (unpaired) electrons. The van der Waals surface area contributed by atoms with Crippen molar-refractivity contribution in [3.8, 4) is 0 Å². The van der Waals surface area contributed by atoms with Crippen LogP contribution in [0.1, 0.15) is 194 Å². The molecule has 0 bridgehead atoms. The first-order chi connectivity index (χ1) is 24.4. The van der Waals surface area contributed by atoms with Crippen LogP contribution in [-0.4, -0.2) is 49.9 Å². The summed E-state index contributed by atoms with van der Waals surface area (Å²) in [7, 11) is -4.27. The first kappa shape index (κ1) is 49.0. The summed E-state index contributed by atoms with van der Waals surface area (Å²) < 4.78 is 33.4. The number of carbonyl (C=O) groups excluding carboxylic acids is 1. The van der Waals surface area contributed by atoms with E-state index in [-0.39, 0.29) is 32.3 Å². The predicted molar refractivity (Wildman–Crippen MR) is 210 cm³/mol. The van der Waals surface area contributed by atoms with Gasteiger partial charge in [0.25, 0.3) is 0 Å². The van der Waals surface area contributed by atoms with Crippen molar-refractivity contribution in [2.45, 2.75) is 200 Å². The molecule has 0 aromatic rings. The summed E-state index contributed by atoms with van der Waals surface area (Å²) in [4.78, 5) is 22.4. The van der Waals surface area contributed by atoms with Crippen LogP contribution in [0.25, 0.3) is 0 Å². The molecule has 296 valence electrons. The van der Waals surface area contributed by atoms with Crippen LogP contribution < -0.4 is 5.73 Å². The molecule has 0 aromatic heterocycles. The minimum atomic E-state index is -4.27. The molecule has 0 aromatic carbocycles. The number of hydrogen-bond donors (Lipinski definition) is 2. The molecule has 2 atom stereocenters. The van der Waals surface area contributed by atoms with Gasteiger partial charge in [-0.3, -0.25) is 13.8 Å². The minimum absolute atomic E-state index is 0.0971. The van der Waals surface area contributed by atoms with Gasteiger partial charge in [-0.2, -0.15) is 0 Å². The van der Waals surface area contributed by atoms with Crippen LogP contribution >= 0.6 is 7.82 Å². The molecule has 0 heterocycles. The third-order valence-corrected chi connectivity index (χ3v) is 9.83. The summed E-state index contributed by atoms with van der Waals surface area (Å²) in [5.74, 6) is -0.340. The van der Waals surface area contributed by atoms with Crippen molar-refractivity contribution < 1.29 is 32.8 Å². The van der Waals surface area contributed by atoms with Crippen LogP contribution in [-0.2, 0) is 27.9 Å². The fourth-order valence-corrected chi connectivity index (χ4v) is 6.52. The summed E-state index contributed by atoms with van der Waals surface area (Å²) in [6, 6.07) is 0. The van der Waals surface area contributed by atoms with Gasteiger partial charge >= 0.3 is 13.8 Å². The summed E-state index contributed by atoms with van der Waals surface area (Å²) in [6.45, 7) is 4.90. The van der Waals surface area contributed by atoms with Gasteiger partial charge in [-0.1, -0.05) is 147 Å². The van der Waals surface area contributed by atoms with Gasteiger partial charge in [0.1, 0.15) is 6.10 Å². The number of esters is 1.